The lowest BCUT2D eigenvalue weighted by molar-refractivity contribution is -0.137. The summed E-state index contributed by atoms with van der Waals surface area (Å²) >= 11 is 1.80. The monoisotopic (exact) mass is 495 g/mol. The maximum absolute atomic E-state index is 12.9. The van der Waals surface area contributed by atoms with Gasteiger partial charge in [0, 0.05) is 11.4 Å². The van der Waals surface area contributed by atoms with Crippen molar-refractivity contribution in [2.24, 2.45) is 0 Å². The van der Waals surface area contributed by atoms with Crippen molar-refractivity contribution in [3.05, 3.63) is 46.2 Å². The standard InChI is InChI=1S/C18H21BrF3N3O3S/c1-17(2,3)29(26)25-13(11-5-7-12(8-6-11)18(20,21)22)9-28-16-14(19)15(27-4)23-10-24-16/h5-8,10,13,25H,9H2,1-4H3/t13-,29?/m1/s1. The molecule has 0 aliphatic heterocycles. The smallest absolute Gasteiger partial charge is 0.416 e. The quantitative estimate of drug-likeness (QED) is 0.572. The zero-order valence-electron chi connectivity index (χ0n) is 16.2. The van der Waals surface area contributed by atoms with Gasteiger partial charge in [0.05, 0.1) is 12.7 Å². The van der Waals surface area contributed by atoms with Gasteiger partial charge in [-0.15, -0.1) is 4.72 Å². The molecule has 0 radical (unpaired) electrons. The van der Waals surface area contributed by atoms with Crippen molar-refractivity contribution in [3.8, 4) is 11.8 Å². The van der Waals surface area contributed by atoms with Gasteiger partial charge in [-0.05, 0) is 54.4 Å². The second-order valence-electron chi connectivity index (χ2n) is 6.98. The minimum atomic E-state index is -4.44. The average molecular weight is 496 g/mol. The topological polar surface area (TPSA) is 79.3 Å². The van der Waals surface area contributed by atoms with Crippen LogP contribution in [0.5, 0.6) is 11.8 Å². The van der Waals surface area contributed by atoms with Crippen molar-refractivity contribution in [2.45, 2.75) is 37.7 Å². The van der Waals surface area contributed by atoms with E-state index in [1.807, 2.05) is 0 Å². The Balaban J connectivity index is 2.26. The highest BCUT2D eigenvalue weighted by molar-refractivity contribution is 9.10. The van der Waals surface area contributed by atoms with Crippen LogP contribution in [-0.4, -0.2) is 33.0 Å². The Morgan fingerprint density at radius 2 is 1.72 bits per heavy atom. The van der Waals surface area contributed by atoms with Gasteiger partial charge in [-0.3, -0.25) is 0 Å². The molecule has 0 bridgehead atoms. The van der Waals surface area contributed by atoms with E-state index in [4.69, 9.17) is 9.47 Å². The van der Waals surface area contributed by atoms with Crippen LogP contribution >= 0.6 is 15.9 Å². The highest BCUT2D eigenvalue weighted by Gasteiger charge is 2.32. The third-order valence-electron chi connectivity index (χ3n) is 3.75. The molecule has 2 atom stereocenters. The Bertz CT molecular complexity index is 817. The summed E-state index contributed by atoms with van der Waals surface area (Å²) in [5.74, 6) is 0.462. The minimum absolute atomic E-state index is 0.0358. The molecule has 160 valence electrons. The van der Waals surface area contributed by atoms with Crippen LogP contribution in [-0.2, 0) is 17.5 Å². The number of nitrogens with zero attached hydrogens (tertiary/aromatic N) is 2. The summed E-state index contributed by atoms with van der Waals surface area (Å²) in [5.41, 5.74) is -0.270. The molecule has 0 amide bonds. The lowest BCUT2D eigenvalue weighted by Gasteiger charge is -2.28. The lowest BCUT2D eigenvalue weighted by atomic mass is 10.1. The van der Waals surface area contributed by atoms with Gasteiger partial charge in [0.15, 0.2) is 0 Å². The fourth-order valence-electron chi connectivity index (χ4n) is 2.15. The summed E-state index contributed by atoms with van der Waals surface area (Å²) in [6.07, 6.45) is -3.18. The molecule has 29 heavy (non-hydrogen) atoms. The molecule has 2 aromatic rings. The average Bonchev–Trinajstić information content (AvgIpc) is 2.64. The predicted octanol–water partition coefficient (Wildman–Crippen LogP) is 4.44. The lowest BCUT2D eigenvalue weighted by Crippen LogP contribution is -2.42. The maximum Gasteiger partial charge on any atom is 0.416 e. The second kappa shape index (κ2) is 9.50. The number of hydrogen-bond donors (Lipinski definition) is 1. The molecule has 1 aromatic carbocycles. The summed E-state index contributed by atoms with van der Waals surface area (Å²) in [7, 11) is 1.44. The van der Waals surface area contributed by atoms with Crippen molar-refractivity contribution in [1.82, 2.24) is 14.7 Å². The van der Waals surface area contributed by atoms with E-state index in [1.165, 1.54) is 25.6 Å². The van der Waals surface area contributed by atoms with Gasteiger partial charge in [0.1, 0.15) is 28.2 Å². The Morgan fingerprint density at radius 3 is 2.24 bits per heavy atom. The molecule has 2 rings (SSSR count). The van der Waals surface area contributed by atoms with Gasteiger partial charge >= 0.3 is 6.18 Å². The number of alkyl halides is 3. The third-order valence-corrected chi connectivity index (χ3v) is 6.04. The van der Waals surface area contributed by atoms with Crippen molar-refractivity contribution in [2.75, 3.05) is 13.7 Å². The Hall–Kier alpha value is -1.56. The van der Waals surface area contributed by atoms with Crippen molar-refractivity contribution < 1.29 is 27.2 Å². The van der Waals surface area contributed by atoms with Gasteiger partial charge in [0.2, 0.25) is 11.8 Å². The van der Waals surface area contributed by atoms with Crippen LogP contribution in [0.1, 0.15) is 37.9 Å². The van der Waals surface area contributed by atoms with E-state index in [0.29, 0.717) is 10.0 Å². The van der Waals surface area contributed by atoms with Crippen LogP contribution in [0.15, 0.2) is 35.1 Å². The highest BCUT2D eigenvalue weighted by atomic mass is 79.9. The molecule has 1 aromatic heterocycles. The summed E-state index contributed by atoms with van der Waals surface area (Å²) in [4.78, 5) is 7.94. The zero-order valence-corrected chi connectivity index (χ0v) is 18.6. The Labute approximate surface area is 178 Å². The number of nitrogens with one attached hydrogen (secondary N) is 1. The third kappa shape index (κ3) is 6.46. The number of aromatic nitrogens is 2. The molecule has 11 heteroatoms. The second-order valence-corrected chi connectivity index (χ2v) is 9.78. The van der Waals surface area contributed by atoms with E-state index in [9.17, 15) is 17.7 Å². The molecule has 1 unspecified atom stereocenters. The first kappa shape index (κ1) is 23.7. The van der Waals surface area contributed by atoms with E-state index >= 15 is 0 Å². The Kier molecular flexibility index (Phi) is 7.77. The Morgan fingerprint density at radius 1 is 1.14 bits per heavy atom. The van der Waals surface area contributed by atoms with Crippen molar-refractivity contribution in [1.29, 1.82) is 0 Å². The van der Waals surface area contributed by atoms with Crippen molar-refractivity contribution in [3.63, 3.8) is 0 Å². The van der Waals surface area contributed by atoms with Crippen LogP contribution in [0.2, 0.25) is 0 Å². The minimum Gasteiger partial charge on any atom is -0.598 e. The van der Waals surface area contributed by atoms with Crippen LogP contribution < -0.4 is 14.2 Å². The molecular weight excluding hydrogens is 475 g/mol. The van der Waals surface area contributed by atoms with Crippen LogP contribution in [0.25, 0.3) is 0 Å². The summed E-state index contributed by atoms with van der Waals surface area (Å²) in [5, 5.41) is 0. The van der Waals surface area contributed by atoms with Gasteiger partial charge in [-0.25, -0.2) is 9.97 Å². The molecule has 0 spiro atoms. The first-order valence-corrected chi connectivity index (χ1v) is 10.4. The number of hydrogen-bond acceptors (Lipinski definition) is 6. The molecule has 1 heterocycles. The number of ether oxygens (including phenoxy) is 2. The van der Waals surface area contributed by atoms with E-state index in [1.54, 1.807) is 20.8 Å². The molecule has 0 aliphatic carbocycles. The highest BCUT2D eigenvalue weighted by Crippen LogP contribution is 2.32. The van der Waals surface area contributed by atoms with E-state index in [2.05, 4.69) is 30.6 Å². The summed E-state index contributed by atoms with van der Waals surface area (Å²) in [6.45, 7) is 5.32. The van der Waals surface area contributed by atoms with E-state index in [-0.39, 0.29) is 18.4 Å². The van der Waals surface area contributed by atoms with Crippen LogP contribution in [0.3, 0.4) is 0 Å². The van der Waals surface area contributed by atoms with Gasteiger partial charge < -0.3 is 14.0 Å². The number of rotatable bonds is 7. The normalized spacial score (nSPS) is 14.4. The van der Waals surface area contributed by atoms with Crippen LogP contribution in [0, 0.1) is 0 Å². The molecular formula is C18H21BrF3N3O3S. The first-order valence-electron chi connectivity index (χ1n) is 8.46. The first-order chi connectivity index (χ1) is 13.4. The molecule has 0 fully saturated rings. The SMILES string of the molecule is COc1ncnc(OC[C@@H](N[S+]([O-])C(C)(C)C)c2ccc(C(F)(F)F)cc2)c1Br. The molecule has 0 saturated heterocycles. The summed E-state index contributed by atoms with van der Waals surface area (Å²) in [6, 6.07) is 3.98. The predicted molar refractivity (Wildman–Crippen MR) is 107 cm³/mol. The fourth-order valence-corrected chi connectivity index (χ4v) is 3.45. The number of methoxy groups -OCH3 is 1. The van der Waals surface area contributed by atoms with Gasteiger partial charge in [-0.2, -0.15) is 13.2 Å². The van der Waals surface area contributed by atoms with E-state index in [0.717, 1.165) is 12.1 Å². The largest absolute Gasteiger partial charge is 0.598 e. The van der Waals surface area contributed by atoms with Gasteiger partial charge in [0.25, 0.3) is 0 Å². The molecule has 6 nitrogen and oxygen atoms in total. The van der Waals surface area contributed by atoms with E-state index < -0.39 is 33.9 Å². The van der Waals surface area contributed by atoms with Gasteiger partial charge in [-0.1, -0.05) is 12.1 Å². The molecule has 0 saturated carbocycles. The molecule has 1 N–H and O–H groups in total. The number of halogens is 4. The zero-order chi connectivity index (χ0) is 21.8. The van der Waals surface area contributed by atoms with Crippen LogP contribution in [0.4, 0.5) is 13.2 Å². The fraction of sp³-hybridized carbons (Fsp3) is 0.444. The maximum atomic E-state index is 12.9. The summed E-state index contributed by atoms with van der Waals surface area (Å²) < 4.78 is 64.7. The molecule has 0 aliphatic rings. The van der Waals surface area contributed by atoms with Crippen molar-refractivity contribution >= 4 is 27.3 Å². The number of benzene rings is 1.